The zero-order valence-electron chi connectivity index (χ0n) is 14.6. The Labute approximate surface area is 150 Å². The maximum atomic E-state index is 12.6. The molecule has 26 heavy (non-hydrogen) atoms. The molecule has 1 aliphatic heterocycles. The fraction of sp³-hybridized carbons (Fsp3) is 0.529. The number of nitrogens with two attached hydrogens (primary N) is 1. The van der Waals surface area contributed by atoms with E-state index in [1.165, 1.54) is 0 Å². The van der Waals surface area contributed by atoms with Gasteiger partial charge in [0.2, 0.25) is 0 Å². The number of hydrogen-bond acceptors (Lipinski definition) is 5. The third-order valence-electron chi connectivity index (χ3n) is 5.70. The molecule has 4 heterocycles. The summed E-state index contributed by atoms with van der Waals surface area (Å²) in [5.74, 6) is 1.36. The van der Waals surface area contributed by atoms with Gasteiger partial charge in [0.15, 0.2) is 11.3 Å². The molecule has 4 N–H and O–H groups in total. The highest BCUT2D eigenvalue weighted by Gasteiger charge is 2.43. The van der Waals surface area contributed by atoms with Crippen LogP contribution in [0.25, 0.3) is 16.8 Å². The highest BCUT2D eigenvalue weighted by Crippen LogP contribution is 2.36. The van der Waals surface area contributed by atoms with Crippen molar-refractivity contribution in [2.24, 2.45) is 11.7 Å². The van der Waals surface area contributed by atoms with E-state index in [4.69, 9.17) is 5.73 Å². The Balaban J connectivity index is 1.49. The van der Waals surface area contributed by atoms with Gasteiger partial charge in [0.1, 0.15) is 5.82 Å². The first-order valence-corrected chi connectivity index (χ1v) is 9.11. The van der Waals surface area contributed by atoms with Crippen molar-refractivity contribution in [2.45, 2.75) is 37.8 Å². The minimum Gasteiger partial charge on any atom is -0.345 e. The Kier molecular flexibility index (Phi) is 3.24. The van der Waals surface area contributed by atoms with Crippen molar-refractivity contribution in [3.05, 3.63) is 24.3 Å². The van der Waals surface area contributed by atoms with Crippen LogP contribution in [0.5, 0.6) is 0 Å². The molecule has 1 saturated heterocycles. The summed E-state index contributed by atoms with van der Waals surface area (Å²) in [6.07, 6.45) is 6.25. The molecule has 1 aliphatic carbocycles. The number of carbonyl (C=O) groups excluding carboxylic acids is 1. The SMILES string of the molecule is CC[C@@H]1CN(C(=O)NC2(N)CC2)C[C@@H]1c1nnc2cnc3[nH]ccc3n12. The molecule has 5 rings (SSSR count). The number of likely N-dealkylation sites (tertiary alicyclic amines) is 1. The van der Waals surface area contributed by atoms with Crippen molar-refractivity contribution in [3.63, 3.8) is 0 Å². The molecular formula is C17H22N8O. The summed E-state index contributed by atoms with van der Waals surface area (Å²) in [6, 6.07) is 1.90. The minimum atomic E-state index is -0.499. The van der Waals surface area contributed by atoms with E-state index in [-0.39, 0.29) is 11.9 Å². The van der Waals surface area contributed by atoms with E-state index in [1.807, 2.05) is 17.2 Å². The molecule has 2 aliphatic rings. The number of H-pyrrole nitrogens is 1. The number of aromatic amines is 1. The summed E-state index contributed by atoms with van der Waals surface area (Å²) in [6.45, 7) is 3.48. The molecule has 0 unspecified atom stereocenters. The van der Waals surface area contributed by atoms with Gasteiger partial charge in [0, 0.05) is 25.2 Å². The van der Waals surface area contributed by atoms with Crippen LogP contribution in [-0.2, 0) is 0 Å². The lowest BCUT2D eigenvalue weighted by molar-refractivity contribution is 0.201. The standard InChI is InChI=1S/C17H22N8O/c1-2-10-8-24(16(26)21-17(18)4-5-17)9-11(10)15-23-22-13-7-20-14-12(25(13)15)3-6-19-14/h3,6-7,10-11,19H,2,4-5,8-9,18H2,1H3,(H,21,26)/t10-,11+/m1/s1. The van der Waals surface area contributed by atoms with Crippen LogP contribution in [0.15, 0.2) is 18.5 Å². The quantitative estimate of drug-likeness (QED) is 0.611. The summed E-state index contributed by atoms with van der Waals surface area (Å²) < 4.78 is 2.05. The predicted molar refractivity (Wildman–Crippen MR) is 95.4 cm³/mol. The molecule has 0 aromatic carbocycles. The van der Waals surface area contributed by atoms with Crippen LogP contribution in [-0.4, -0.2) is 54.2 Å². The van der Waals surface area contributed by atoms with Crippen LogP contribution >= 0.6 is 0 Å². The Morgan fingerprint density at radius 2 is 2.27 bits per heavy atom. The second-order valence-corrected chi connectivity index (χ2v) is 7.49. The zero-order chi connectivity index (χ0) is 17.9. The van der Waals surface area contributed by atoms with E-state index in [1.54, 1.807) is 6.20 Å². The van der Waals surface area contributed by atoms with Gasteiger partial charge in [-0.05, 0) is 24.8 Å². The minimum absolute atomic E-state index is 0.0757. The number of fused-ring (bicyclic) bond motifs is 3. The van der Waals surface area contributed by atoms with Gasteiger partial charge in [0.05, 0.1) is 17.4 Å². The first kappa shape index (κ1) is 15.6. The van der Waals surface area contributed by atoms with Crippen LogP contribution in [0.1, 0.15) is 37.9 Å². The van der Waals surface area contributed by atoms with E-state index in [9.17, 15) is 4.79 Å². The van der Waals surface area contributed by atoms with Gasteiger partial charge in [-0.25, -0.2) is 9.78 Å². The normalized spacial score (nSPS) is 24.5. The number of nitrogens with zero attached hydrogens (tertiary/aromatic N) is 5. The van der Waals surface area contributed by atoms with Gasteiger partial charge in [-0.3, -0.25) is 4.40 Å². The van der Waals surface area contributed by atoms with E-state index >= 15 is 0 Å². The number of amides is 2. The first-order valence-electron chi connectivity index (χ1n) is 9.11. The number of urea groups is 1. The maximum Gasteiger partial charge on any atom is 0.318 e. The Hall–Kier alpha value is -2.68. The predicted octanol–water partition coefficient (Wildman–Crippen LogP) is 1.19. The van der Waals surface area contributed by atoms with Crippen molar-refractivity contribution in [1.29, 1.82) is 0 Å². The molecule has 2 fully saturated rings. The fourth-order valence-corrected chi connectivity index (χ4v) is 3.93. The summed E-state index contributed by atoms with van der Waals surface area (Å²) in [5, 5.41) is 11.7. The zero-order valence-corrected chi connectivity index (χ0v) is 14.6. The lowest BCUT2D eigenvalue weighted by atomic mass is 9.93. The molecule has 2 atom stereocenters. The number of carbonyl (C=O) groups is 1. The van der Waals surface area contributed by atoms with Crippen molar-refractivity contribution in [1.82, 2.24) is 34.8 Å². The van der Waals surface area contributed by atoms with Gasteiger partial charge < -0.3 is 20.9 Å². The molecule has 3 aromatic rings. The van der Waals surface area contributed by atoms with Gasteiger partial charge in [-0.1, -0.05) is 13.3 Å². The summed E-state index contributed by atoms with van der Waals surface area (Å²) >= 11 is 0. The summed E-state index contributed by atoms with van der Waals surface area (Å²) in [4.78, 5) is 22.0. The van der Waals surface area contributed by atoms with Crippen molar-refractivity contribution in [2.75, 3.05) is 13.1 Å². The molecular weight excluding hydrogens is 332 g/mol. The molecule has 0 radical (unpaired) electrons. The molecule has 9 heteroatoms. The van der Waals surface area contributed by atoms with Crippen LogP contribution in [0.3, 0.4) is 0 Å². The second-order valence-electron chi connectivity index (χ2n) is 7.49. The third kappa shape index (κ3) is 2.34. The monoisotopic (exact) mass is 354 g/mol. The second kappa shape index (κ2) is 5.41. The Morgan fingerprint density at radius 3 is 3.04 bits per heavy atom. The van der Waals surface area contributed by atoms with Gasteiger partial charge in [-0.2, -0.15) is 0 Å². The number of hydrogen-bond donors (Lipinski definition) is 3. The lowest BCUT2D eigenvalue weighted by Gasteiger charge is -2.20. The lowest BCUT2D eigenvalue weighted by Crippen LogP contribution is -2.49. The summed E-state index contributed by atoms with van der Waals surface area (Å²) in [7, 11) is 0. The van der Waals surface area contributed by atoms with E-state index in [0.717, 1.165) is 41.9 Å². The molecule has 3 aromatic heterocycles. The van der Waals surface area contributed by atoms with E-state index < -0.39 is 5.66 Å². The molecule has 1 saturated carbocycles. The van der Waals surface area contributed by atoms with Crippen molar-refractivity contribution >= 4 is 22.8 Å². The fourth-order valence-electron chi connectivity index (χ4n) is 3.93. The molecule has 0 spiro atoms. The van der Waals surface area contributed by atoms with Crippen LogP contribution < -0.4 is 11.1 Å². The van der Waals surface area contributed by atoms with Crippen molar-refractivity contribution in [3.8, 4) is 0 Å². The van der Waals surface area contributed by atoms with Crippen LogP contribution in [0.2, 0.25) is 0 Å². The van der Waals surface area contributed by atoms with E-state index in [2.05, 4.69) is 36.8 Å². The largest absolute Gasteiger partial charge is 0.345 e. The van der Waals surface area contributed by atoms with Gasteiger partial charge >= 0.3 is 6.03 Å². The molecule has 0 bridgehead atoms. The Morgan fingerprint density at radius 1 is 1.42 bits per heavy atom. The highest BCUT2D eigenvalue weighted by molar-refractivity contribution is 5.76. The number of nitrogens with one attached hydrogen (secondary N) is 2. The van der Waals surface area contributed by atoms with Gasteiger partial charge in [0.25, 0.3) is 0 Å². The third-order valence-corrected chi connectivity index (χ3v) is 5.70. The number of aromatic nitrogens is 5. The average Bonchev–Trinajstić information content (AvgIpc) is 3.09. The average molecular weight is 354 g/mol. The number of rotatable bonds is 3. The first-order chi connectivity index (χ1) is 12.6. The molecule has 2 amide bonds. The van der Waals surface area contributed by atoms with Gasteiger partial charge in [-0.15, -0.1) is 10.2 Å². The smallest absolute Gasteiger partial charge is 0.318 e. The summed E-state index contributed by atoms with van der Waals surface area (Å²) in [5.41, 5.74) is 8.03. The highest BCUT2D eigenvalue weighted by atomic mass is 16.2. The van der Waals surface area contributed by atoms with Crippen LogP contribution in [0.4, 0.5) is 4.79 Å². The Bertz CT molecular complexity index is 987. The van der Waals surface area contributed by atoms with Crippen molar-refractivity contribution < 1.29 is 4.79 Å². The van der Waals surface area contributed by atoms with Crippen LogP contribution in [0, 0.1) is 5.92 Å². The van der Waals surface area contributed by atoms with E-state index in [0.29, 0.717) is 19.0 Å². The topological polar surface area (TPSA) is 117 Å². The molecule has 136 valence electrons. The molecule has 9 nitrogen and oxygen atoms in total. The maximum absolute atomic E-state index is 12.6.